The molecule has 0 spiro atoms. The Morgan fingerprint density at radius 2 is 1.62 bits per heavy atom. The quantitative estimate of drug-likeness (QED) is 0.569. The molecule has 1 aromatic carbocycles. The molecule has 4 N–H and O–H groups in total. The van der Waals surface area contributed by atoms with Gasteiger partial charge in [0.15, 0.2) is 5.65 Å². The maximum Gasteiger partial charge on any atom is 0.325 e. The molecular weight excluding hydrogens is 310 g/mol. The number of imidazole rings is 1. The fourth-order valence-electron chi connectivity index (χ4n) is 2.16. The summed E-state index contributed by atoms with van der Waals surface area (Å²) in [4.78, 5) is 44.0. The maximum atomic E-state index is 11.9. The summed E-state index contributed by atoms with van der Waals surface area (Å²) in [5.41, 5.74) is 1.24. The van der Waals surface area contributed by atoms with Crippen LogP contribution in [0.25, 0.3) is 11.2 Å². The van der Waals surface area contributed by atoms with Gasteiger partial charge in [0.25, 0.3) is 0 Å². The Labute approximate surface area is 136 Å². The van der Waals surface area contributed by atoms with Crippen LogP contribution in [-0.2, 0) is 9.59 Å². The van der Waals surface area contributed by atoms with Gasteiger partial charge in [0.1, 0.15) is 5.82 Å². The van der Waals surface area contributed by atoms with Gasteiger partial charge in [0, 0.05) is 18.5 Å². The summed E-state index contributed by atoms with van der Waals surface area (Å²) >= 11 is 0. The average Bonchev–Trinajstić information content (AvgIpc) is 2.93. The minimum absolute atomic E-state index is 0.0298. The molecule has 122 valence electrons. The molecule has 0 radical (unpaired) electrons. The number of aromatic amines is 2. The number of hydrogen-bond acceptors (Lipinski definition) is 4. The van der Waals surface area contributed by atoms with Crippen molar-refractivity contribution < 1.29 is 9.59 Å². The number of amides is 2. The van der Waals surface area contributed by atoms with Gasteiger partial charge >= 0.3 is 5.69 Å². The zero-order chi connectivity index (χ0) is 16.9. The fourth-order valence-corrected chi connectivity index (χ4v) is 2.16. The molecule has 0 saturated carbocycles. The Morgan fingerprint density at radius 1 is 0.917 bits per heavy atom. The summed E-state index contributed by atoms with van der Waals surface area (Å²) in [7, 11) is 0. The number of H-pyrrole nitrogens is 2. The van der Waals surface area contributed by atoms with Crippen molar-refractivity contribution in [3.05, 3.63) is 52.9 Å². The molecule has 2 heterocycles. The van der Waals surface area contributed by atoms with Gasteiger partial charge in [-0.2, -0.15) is 0 Å². The number of fused-ring (bicyclic) bond motifs is 1. The molecule has 0 aliphatic carbocycles. The number of carbonyl (C=O) groups is 2. The van der Waals surface area contributed by atoms with E-state index in [1.807, 2.05) is 18.2 Å². The van der Waals surface area contributed by atoms with E-state index in [4.69, 9.17) is 0 Å². The minimum atomic E-state index is -0.362. The summed E-state index contributed by atoms with van der Waals surface area (Å²) in [5, 5.41) is 5.31. The number of carbonyl (C=O) groups excluding carboxylic acids is 2. The second-order valence-corrected chi connectivity index (χ2v) is 5.13. The first-order chi connectivity index (χ1) is 11.6. The number of nitrogens with one attached hydrogen (secondary N) is 4. The van der Waals surface area contributed by atoms with Crippen LogP contribution in [0.2, 0.25) is 0 Å². The van der Waals surface area contributed by atoms with E-state index in [9.17, 15) is 14.4 Å². The first-order valence-corrected chi connectivity index (χ1v) is 7.34. The second-order valence-electron chi connectivity index (χ2n) is 5.13. The van der Waals surface area contributed by atoms with Crippen molar-refractivity contribution in [2.45, 2.75) is 12.8 Å². The van der Waals surface area contributed by atoms with Crippen molar-refractivity contribution in [3.63, 3.8) is 0 Å². The number of aromatic nitrogens is 3. The maximum absolute atomic E-state index is 11.9. The predicted molar refractivity (Wildman–Crippen MR) is 89.6 cm³/mol. The van der Waals surface area contributed by atoms with Gasteiger partial charge in [-0.05, 0) is 24.3 Å². The van der Waals surface area contributed by atoms with E-state index in [-0.39, 0.29) is 30.3 Å². The second kappa shape index (κ2) is 6.78. The number of anilines is 2. The van der Waals surface area contributed by atoms with Crippen LogP contribution in [0.3, 0.4) is 0 Å². The summed E-state index contributed by atoms with van der Waals surface area (Å²) in [6.45, 7) is 0. The van der Waals surface area contributed by atoms with Gasteiger partial charge in [-0.25, -0.2) is 9.78 Å². The van der Waals surface area contributed by atoms with E-state index in [1.165, 1.54) is 0 Å². The van der Waals surface area contributed by atoms with Crippen molar-refractivity contribution >= 4 is 34.5 Å². The number of benzene rings is 1. The Balaban J connectivity index is 1.53. The van der Waals surface area contributed by atoms with Crippen LogP contribution < -0.4 is 16.3 Å². The highest BCUT2D eigenvalue weighted by atomic mass is 16.2. The fraction of sp³-hybridized carbons (Fsp3) is 0.125. The molecule has 0 aliphatic heterocycles. The van der Waals surface area contributed by atoms with Gasteiger partial charge < -0.3 is 15.6 Å². The zero-order valence-electron chi connectivity index (χ0n) is 12.6. The molecule has 0 atom stereocenters. The topological polar surface area (TPSA) is 120 Å². The molecule has 0 fully saturated rings. The van der Waals surface area contributed by atoms with Gasteiger partial charge in [-0.1, -0.05) is 18.2 Å². The summed E-state index contributed by atoms with van der Waals surface area (Å²) in [6, 6.07) is 12.2. The Kier molecular flexibility index (Phi) is 4.37. The predicted octanol–water partition coefficient (Wildman–Crippen LogP) is 1.61. The molecular formula is C16H15N5O3. The lowest BCUT2D eigenvalue weighted by Crippen LogP contribution is -2.17. The molecule has 24 heavy (non-hydrogen) atoms. The van der Waals surface area contributed by atoms with Crippen molar-refractivity contribution in [1.29, 1.82) is 0 Å². The number of hydrogen-bond donors (Lipinski definition) is 4. The molecule has 8 nitrogen and oxygen atoms in total. The van der Waals surface area contributed by atoms with E-state index < -0.39 is 0 Å². The highest BCUT2D eigenvalue weighted by molar-refractivity contribution is 5.96. The third kappa shape index (κ3) is 3.86. The zero-order valence-corrected chi connectivity index (χ0v) is 12.6. The normalized spacial score (nSPS) is 10.5. The highest BCUT2D eigenvalue weighted by Gasteiger charge is 2.09. The van der Waals surface area contributed by atoms with Crippen LogP contribution >= 0.6 is 0 Å². The van der Waals surface area contributed by atoms with Crippen LogP contribution in [0.4, 0.5) is 11.5 Å². The molecule has 0 bridgehead atoms. The van der Waals surface area contributed by atoms with Crippen LogP contribution in [0.15, 0.2) is 47.3 Å². The van der Waals surface area contributed by atoms with E-state index in [1.54, 1.807) is 24.3 Å². The van der Waals surface area contributed by atoms with Crippen molar-refractivity contribution in [3.8, 4) is 0 Å². The highest BCUT2D eigenvalue weighted by Crippen LogP contribution is 2.10. The summed E-state index contributed by atoms with van der Waals surface area (Å²) < 4.78 is 0. The van der Waals surface area contributed by atoms with Crippen LogP contribution in [0.1, 0.15) is 12.8 Å². The number of nitrogens with zero attached hydrogens (tertiary/aromatic N) is 1. The largest absolute Gasteiger partial charge is 0.326 e. The smallest absolute Gasteiger partial charge is 0.325 e. The first-order valence-electron chi connectivity index (χ1n) is 7.34. The van der Waals surface area contributed by atoms with Gasteiger partial charge in [0.05, 0.1) is 5.52 Å². The molecule has 3 aromatic rings. The Bertz CT molecular complexity index is 930. The lowest BCUT2D eigenvalue weighted by atomic mass is 10.2. The van der Waals surface area contributed by atoms with Gasteiger partial charge in [-0.15, -0.1) is 0 Å². The molecule has 0 unspecified atom stereocenters. The molecule has 0 saturated heterocycles. The standard InChI is InChI=1S/C16H15N5O3/c22-13(17-10-4-2-1-3-5-10)8-9-14(23)19-12-7-6-11-15(20-12)21-16(24)18-11/h1-7H,8-9H2,(H,17,22)(H3,18,19,20,21,23,24). The Morgan fingerprint density at radius 3 is 2.38 bits per heavy atom. The Hall–Kier alpha value is -3.42. The molecule has 8 heteroatoms. The average molecular weight is 325 g/mol. The SMILES string of the molecule is O=C(CCC(=O)Nc1ccc2[nH]c(=O)[nH]c2n1)Nc1ccccc1. The molecule has 3 rings (SSSR count). The van der Waals surface area contributed by atoms with Crippen molar-refractivity contribution in [2.75, 3.05) is 10.6 Å². The van der Waals surface area contributed by atoms with E-state index in [0.717, 1.165) is 0 Å². The van der Waals surface area contributed by atoms with Gasteiger partial charge in [-0.3, -0.25) is 14.6 Å². The van der Waals surface area contributed by atoms with E-state index in [2.05, 4.69) is 25.6 Å². The van der Waals surface area contributed by atoms with E-state index >= 15 is 0 Å². The summed E-state index contributed by atoms with van der Waals surface area (Å²) in [5.74, 6) is -0.260. The number of para-hydroxylation sites is 1. The third-order valence-electron chi connectivity index (χ3n) is 3.28. The monoisotopic (exact) mass is 325 g/mol. The lowest BCUT2D eigenvalue weighted by molar-refractivity contribution is -0.121. The first kappa shape index (κ1) is 15.5. The third-order valence-corrected chi connectivity index (χ3v) is 3.28. The minimum Gasteiger partial charge on any atom is -0.326 e. The van der Waals surface area contributed by atoms with Crippen molar-refractivity contribution in [1.82, 2.24) is 15.0 Å². The number of rotatable bonds is 5. The summed E-state index contributed by atoms with van der Waals surface area (Å²) in [6.07, 6.45) is 0.0893. The molecule has 0 aliphatic rings. The van der Waals surface area contributed by atoms with Gasteiger partial charge in [0.2, 0.25) is 11.8 Å². The number of pyridine rings is 1. The molecule has 2 aromatic heterocycles. The lowest BCUT2D eigenvalue weighted by Gasteiger charge is -2.06. The van der Waals surface area contributed by atoms with Crippen LogP contribution in [0.5, 0.6) is 0 Å². The molecule has 2 amide bonds. The van der Waals surface area contributed by atoms with Crippen molar-refractivity contribution in [2.24, 2.45) is 0 Å². The van der Waals surface area contributed by atoms with Crippen LogP contribution in [0, 0.1) is 0 Å². The van der Waals surface area contributed by atoms with Crippen LogP contribution in [-0.4, -0.2) is 26.8 Å². The van der Waals surface area contributed by atoms with E-state index in [0.29, 0.717) is 22.7 Å².